The van der Waals surface area contributed by atoms with Crippen molar-refractivity contribution >= 4 is 79.0 Å². The number of nitrogens with zero attached hydrogens (tertiary/aromatic N) is 3. The van der Waals surface area contributed by atoms with Gasteiger partial charge in [0, 0.05) is 45.2 Å². The SMILES string of the molecule is O=C(Cn1cc(/C=C2\SC(=O)N(c3ccc(Cl)cc3)C2=O)c2cc(Br)ccc21)N1CCCC1. The number of aromatic nitrogens is 1. The average Bonchev–Trinajstić information content (AvgIpc) is 3.49. The number of benzene rings is 2. The van der Waals surface area contributed by atoms with Crippen LogP contribution in [0.4, 0.5) is 10.5 Å². The van der Waals surface area contributed by atoms with Crippen LogP contribution in [-0.2, 0) is 16.1 Å². The summed E-state index contributed by atoms with van der Waals surface area (Å²) in [6, 6.07) is 12.4. The third kappa shape index (κ3) is 4.35. The Kier molecular flexibility index (Phi) is 6.07. The molecule has 0 spiro atoms. The number of rotatable bonds is 4. The molecule has 2 fully saturated rings. The fourth-order valence-electron chi connectivity index (χ4n) is 4.18. The summed E-state index contributed by atoms with van der Waals surface area (Å²) in [5, 5.41) is 1.07. The van der Waals surface area contributed by atoms with Crippen molar-refractivity contribution < 1.29 is 14.4 Å². The quantitative estimate of drug-likeness (QED) is 0.383. The summed E-state index contributed by atoms with van der Waals surface area (Å²) in [6.45, 7) is 1.83. The van der Waals surface area contributed by atoms with Crippen molar-refractivity contribution in [2.24, 2.45) is 0 Å². The topological polar surface area (TPSA) is 62.6 Å². The largest absolute Gasteiger partial charge is 0.341 e. The number of thioether (sulfide) groups is 1. The molecule has 168 valence electrons. The van der Waals surface area contributed by atoms with Crippen LogP contribution in [0.25, 0.3) is 17.0 Å². The smallest absolute Gasteiger partial charge is 0.298 e. The Hall–Kier alpha value is -2.55. The van der Waals surface area contributed by atoms with Crippen LogP contribution >= 0.6 is 39.3 Å². The molecular formula is C24H19BrClN3O3S. The molecule has 2 saturated heterocycles. The van der Waals surface area contributed by atoms with Gasteiger partial charge >= 0.3 is 0 Å². The molecule has 0 radical (unpaired) electrons. The standard InChI is InChI=1S/C24H19BrClN3O3S/c25-16-3-8-20-19(12-16)15(13-28(20)14-22(30)27-9-1-2-10-27)11-21-23(31)29(24(32)33-21)18-6-4-17(26)5-7-18/h3-8,11-13H,1-2,9-10,14H2/b21-11-. The van der Waals surface area contributed by atoms with E-state index in [-0.39, 0.29) is 23.6 Å². The van der Waals surface area contributed by atoms with Gasteiger partial charge in [0.2, 0.25) is 5.91 Å². The van der Waals surface area contributed by atoms with E-state index < -0.39 is 0 Å². The van der Waals surface area contributed by atoms with Crippen molar-refractivity contribution in [2.75, 3.05) is 18.0 Å². The monoisotopic (exact) mass is 543 g/mol. The summed E-state index contributed by atoms with van der Waals surface area (Å²) >= 11 is 10.3. The summed E-state index contributed by atoms with van der Waals surface area (Å²) < 4.78 is 2.81. The zero-order valence-electron chi connectivity index (χ0n) is 17.5. The van der Waals surface area contributed by atoms with Gasteiger partial charge in [0.05, 0.1) is 10.6 Å². The minimum absolute atomic E-state index is 0.0851. The first kappa shape index (κ1) is 22.3. The number of carbonyl (C=O) groups is 3. The van der Waals surface area contributed by atoms with E-state index in [0.717, 1.165) is 63.5 Å². The zero-order valence-corrected chi connectivity index (χ0v) is 20.6. The first-order chi connectivity index (χ1) is 15.9. The Balaban J connectivity index is 1.50. The number of carbonyl (C=O) groups excluding carboxylic acids is 3. The molecule has 3 heterocycles. The van der Waals surface area contributed by atoms with E-state index in [4.69, 9.17) is 11.6 Å². The van der Waals surface area contributed by atoms with E-state index in [0.29, 0.717) is 15.6 Å². The first-order valence-corrected chi connectivity index (χ1v) is 12.5. The molecule has 0 bridgehead atoms. The van der Waals surface area contributed by atoms with Gasteiger partial charge in [0.15, 0.2) is 0 Å². The number of likely N-dealkylation sites (tertiary alicyclic amines) is 1. The first-order valence-electron chi connectivity index (χ1n) is 10.5. The number of anilines is 1. The molecule has 33 heavy (non-hydrogen) atoms. The summed E-state index contributed by atoms with van der Waals surface area (Å²) in [7, 11) is 0. The highest BCUT2D eigenvalue weighted by molar-refractivity contribution is 9.10. The number of hydrogen-bond donors (Lipinski definition) is 0. The van der Waals surface area contributed by atoms with E-state index in [2.05, 4.69) is 15.9 Å². The zero-order chi connectivity index (χ0) is 23.1. The van der Waals surface area contributed by atoms with Crippen LogP contribution in [0.2, 0.25) is 5.02 Å². The molecule has 0 aliphatic carbocycles. The Labute approximate surface area is 208 Å². The highest BCUT2D eigenvalue weighted by atomic mass is 79.9. The Bertz CT molecular complexity index is 1310. The molecule has 0 atom stereocenters. The van der Waals surface area contributed by atoms with Crippen molar-refractivity contribution in [3.8, 4) is 0 Å². The summed E-state index contributed by atoms with van der Waals surface area (Å²) in [5.41, 5.74) is 2.16. The number of amides is 3. The van der Waals surface area contributed by atoms with E-state index in [1.807, 2.05) is 33.9 Å². The van der Waals surface area contributed by atoms with Crippen LogP contribution < -0.4 is 4.90 Å². The average molecular weight is 545 g/mol. The van der Waals surface area contributed by atoms with E-state index in [1.54, 1.807) is 30.3 Å². The maximum atomic E-state index is 13.1. The lowest BCUT2D eigenvalue weighted by molar-refractivity contribution is -0.130. The fraction of sp³-hybridized carbons (Fsp3) is 0.208. The van der Waals surface area contributed by atoms with Crippen molar-refractivity contribution in [1.29, 1.82) is 0 Å². The molecule has 6 nitrogen and oxygen atoms in total. The van der Waals surface area contributed by atoms with E-state index in [9.17, 15) is 14.4 Å². The van der Waals surface area contributed by atoms with Gasteiger partial charge in [-0.3, -0.25) is 14.4 Å². The second-order valence-corrected chi connectivity index (χ2v) is 10.3. The van der Waals surface area contributed by atoms with Crippen LogP contribution in [0.1, 0.15) is 18.4 Å². The molecule has 0 saturated carbocycles. The maximum absolute atomic E-state index is 13.1. The molecule has 0 unspecified atom stereocenters. The lowest BCUT2D eigenvalue weighted by Gasteiger charge is -2.16. The van der Waals surface area contributed by atoms with Crippen LogP contribution in [0.3, 0.4) is 0 Å². The van der Waals surface area contributed by atoms with Crippen LogP contribution in [0.5, 0.6) is 0 Å². The molecule has 3 aromatic rings. The van der Waals surface area contributed by atoms with Gasteiger partial charge in [0.1, 0.15) is 6.54 Å². The Morgan fingerprint density at radius 3 is 2.55 bits per heavy atom. The predicted molar refractivity (Wildman–Crippen MR) is 135 cm³/mol. The third-order valence-corrected chi connectivity index (χ3v) is 7.42. The molecule has 0 N–H and O–H groups in total. The summed E-state index contributed by atoms with van der Waals surface area (Å²) in [4.78, 5) is 41.8. The molecule has 1 aromatic heterocycles. The molecule has 2 aromatic carbocycles. The van der Waals surface area contributed by atoms with Gasteiger partial charge in [-0.25, -0.2) is 4.90 Å². The second-order valence-electron chi connectivity index (χ2n) is 7.96. The lowest BCUT2D eigenvalue weighted by atomic mass is 10.1. The van der Waals surface area contributed by atoms with Crippen molar-refractivity contribution in [3.63, 3.8) is 0 Å². The van der Waals surface area contributed by atoms with Crippen LogP contribution in [-0.4, -0.2) is 39.6 Å². The van der Waals surface area contributed by atoms with E-state index in [1.165, 1.54) is 0 Å². The van der Waals surface area contributed by atoms with Gasteiger partial charge in [-0.05, 0) is 73.1 Å². The van der Waals surface area contributed by atoms with Crippen molar-refractivity contribution in [3.05, 3.63) is 68.6 Å². The summed E-state index contributed by atoms with van der Waals surface area (Å²) in [5.74, 6) is -0.293. The molecular weight excluding hydrogens is 526 g/mol. The minimum Gasteiger partial charge on any atom is -0.341 e. The minimum atomic E-state index is -0.378. The molecule has 5 rings (SSSR count). The Morgan fingerprint density at radius 1 is 1.09 bits per heavy atom. The second kappa shape index (κ2) is 9.00. The van der Waals surface area contributed by atoms with Gasteiger partial charge in [0.25, 0.3) is 11.1 Å². The van der Waals surface area contributed by atoms with Crippen molar-refractivity contribution in [1.82, 2.24) is 9.47 Å². The maximum Gasteiger partial charge on any atom is 0.298 e. The van der Waals surface area contributed by atoms with Crippen LogP contribution in [0.15, 0.2) is 58.0 Å². The van der Waals surface area contributed by atoms with Gasteiger partial charge < -0.3 is 9.47 Å². The molecule has 9 heteroatoms. The number of imide groups is 1. The number of halogens is 2. The summed E-state index contributed by atoms with van der Waals surface area (Å²) in [6.07, 6.45) is 5.69. The van der Waals surface area contributed by atoms with E-state index >= 15 is 0 Å². The lowest BCUT2D eigenvalue weighted by Crippen LogP contribution is -2.30. The highest BCUT2D eigenvalue weighted by Gasteiger charge is 2.36. The predicted octanol–water partition coefficient (Wildman–Crippen LogP) is 5.92. The van der Waals surface area contributed by atoms with Gasteiger partial charge in [-0.1, -0.05) is 27.5 Å². The van der Waals surface area contributed by atoms with Gasteiger partial charge in [-0.2, -0.15) is 0 Å². The van der Waals surface area contributed by atoms with Gasteiger partial charge in [-0.15, -0.1) is 0 Å². The van der Waals surface area contributed by atoms with Crippen molar-refractivity contribution in [2.45, 2.75) is 19.4 Å². The normalized spacial score (nSPS) is 17.7. The fourth-order valence-corrected chi connectivity index (χ4v) is 5.50. The third-order valence-electron chi connectivity index (χ3n) is 5.80. The molecule has 3 amide bonds. The molecule has 2 aliphatic rings. The van der Waals surface area contributed by atoms with Crippen LogP contribution in [0, 0.1) is 0 Å². The Morgan fingerprint density at radius 2 is 1.82 bits per heavy atom. The number of fused-ring (bicyclic) bond motifs is 1. The molecule has 2 aliphatic heterocycles. The number of hydrogen-bond acceptors (Lipinski definition) is 4. The highest BCUT2D eigenvalue weighted by Crippen LogP contribution is 2.37.